The minimum absolute atomic E-state index is 0.823. The Balaban J connectivity index is 3.10. The maximum Gasteiger partial charge on any atom is 0.119 e. The van der Waals surface area contributed by atoms with Gasteiger partial charge in [-0.3, -0.25) is 0 Å². The van der Waals surface area contributed by atoms with Crippen LogP contribution >= 0.6 is 0 Å². The summed E-state index contributed by atoms with van der Waals surface area (Å²) in [6.45, 7) is 5.76. The molecule has 0 saturated carbocycles. The van der Waals surface area contributed by atoms with E-state index in [1.165, 1.54) is 89.9 Å². The average molecular weight is 309 g/mol. The molecule has 0 aromatic rings. The van der Waals surface area contributed by atoms with Gasteiger partial charge >= 0.3 is 0 Å². The van der Waals surface area contributed by atoms with Crippen LogP contribution in [0.1, 0.15) is 117 Å². The fourth-order valence-corrected chi connectivity index (χ4v) is 2.69. The van der Waals surface area contributed by atoms with Crippen molar-refractivity contribution in [2.24, 2.45) is 0 Å². The van der Waals surface area contributed by atoms with Crippen LogP contribution in [0.5, 0.6) is 0 Å². The summed E-state index contributed by atoms with van der Waals surface area (Å²) in [5, 5.41) is 9.46. The fraction of sp³-hybridized carbons (Fsp3) is 0.905. The van der Waals surface area contributed by atoms with E-state index in [1.807, 2.05) is 0 Å². The zero-order valence-corrected chi connectivity index (χ0v) is 15.6. The second-order valence-corrected chi connectivity index (χ2v) is 7.21. The Morgan fingerprint density at radius 3 is 1.36 bits per heavy atom. The summed E-state index contributed by atoms with van der Waals surface area (Å²) >= 11 is 0. The normalized spacial score (nSPS) is 11.3. The van der Waals surface area contributed by atoms with Gasteiger partial charge in [-0.05, 0) is 20.3 Å². The van der Waals surface area contributed by atoms with E-state index < -0.39 is 5.60 Å². The largest absolute Gasteiger partial charge is 0.378 e. The Labute approximate surface area is 140 Å². The third-order valence-electron chi connectivity index (χ3n) is 4.05. The first-order valence-electron chi connectivity index (χ1n) is 9.78. The lowest BCUT2D eigenvalue weighted by Crippen LogP contribution is -2.14. The van der Waals surface area contributed by atoms with Crippen molar-refractivity contribution < 1.29 is 5.11 Å². The molecule has 0 aromatic heterocycles. The van der Waals surface area contributed by atoms with Crippen molar-refractivity contribution in [2.45, 2.75) is 123 Å². The van der Waals surface area contributed by atoms with Crippen molar-refractivity contribution in [1.29, 1.82) is 0 Å². The molecule has 0 bridgehead atoms. The van der Waals surface area contributed by atoms with Gasteiger partial charge in [0.1, 0.15) is 5.60 Å². The minimum Gasteiger partial charge on any atom is -0.378 e. The predicted octanol–water partition coefficient (Wildman–Crippen LogP) is 6.63. The molecule has 0 unspecified atom stereocenters. The summed E-state index contributed by atoms with van der Waals surface area (Å²) < 4.78 is 0. The van der Waals surface area contributed by atoms with Crippen LogP contribution in [-0.4, -0.2) is 10.7 Å². The van der Waals surface area contributed by atoms with E-state index in [4.69, 9.17) is 0 Å². The Bertz CT molecular complexity index is 277. The van der Waals surface area contributed by atoms with Crippen molar-refractivity contribution in [2.75, 3.05) is 0 Å². The van der Waals surface area contributed by atoms with Crippen molar-refractivity contribution in [1.82, 2.24) is 0 Å². The Morgan fingerprint density at radius 2 is 1.00 bits per heavy atom. The second-order valence-electron chi connectivity index (χ2n) is 7.21. The van der Waals surface area contributed by atoms with Crippen LogP contribution in [-0.2, 0) is 0 Å². The molecule has 0 rings (SSSR count). The smallest absolute Gasteiger partial charge is 0.119 e. The SMILES string of the molecule is CCCCCCCCCCCCCCCCC#CC(C)(C)O. The van der Waals surface area contributed by atoms with E-state index in [0.29, 0.717) is 0 Å². The summed E-state index contributed by atoms with van der Waals surface area (Å²) in [4.78, 5) is 0. The van der Waals surface area contributed by atoms with Crippen LogP contribution in [0.2, 0.25) is 0 Å². The molecule has 0 aliphatic heterocycles. The molecule has 0 aromatic carbocycles. The number of hydrogen-bond donors (Lipinski definition) is 1. The maximum absolute atomic E-state index is 9.46. The maximum atomic E-state index is 9.46. The molecule has 0 aliphatic rings. The van der Waals surface area contributed by atoms with Gasteiger partial charge in [-0.2, -0.15) is 0 Å². The minimum atomic E-state index is -0.823. The zero-order chi connectivity index (χ0) is 16.5. The Hall–Kier alpha value is -0.480. The van der Waals surface area contributed by atoms with Crippen molar-refractivity contribution in [3.8, 4) is 11.8 Å². The first-order chi connectivity index (χ1) is 10.6. The summed E-state index contributed by atoms with van der Waals surface area (Å²) in [6.07, 6.45) is 20.4. The molecule has 0 amide bonds. The van der Waals surface area contributed by atoms with Crippen LogP contribution in [0.15, 0.2) is 0 Å². The molecule has 0 heterocycles. The van der Waals surface area contributed by atoms with Crippen LogP contribution in [0.3, 0.4) is 0 Å². The lowest BCUT2D eigenvalue weighted by Gasteiger charge is -2.05. The van der Waals surface area contributed by atoms with Crippen LogP contribution < -0.4 is 0 Å². The molecular formula is C21H40O. The highest BCUT2D eigenvalue weighted by atomic mass is 16.3. The van der Waals surface area contributed by atoms with Gasteiger partial charge in [0.15, 0.2) is 0 Å². The summed E-state index contributed by atoms with van der Waals surface area (Å²) in [5.74, 6) is 5.94. The summed E-state index contributed by atoms with van der Waals surface area (Å²) in [7, 11) is 0. The third kappa shape index (κ3) is 19.5. The van der Waals surface area contributed by atoms with Crippen molar-refractivity contribution >= 4 is 0 Å². The predicted molar refractivity (Wildman–Crippen MR) is 99.0 cm³/mol. The fourth-order valence-electron chi connectivity index (χ4n) is 2.69. The molecule has 0 aliphatic carbocycles. The third-order valence-corrected chi connectivity index (χ3v) is 4.05. The van der Waals surface area contributed by atoms with E-state index in [-0.39, 0.29) is 0 Å². The lowest BCUT2D eigenvalue weighted by atomic mass is 10.0. The average Bonchev–Trinajstić information content (AvgIpc) is 2.45. The number of rotatable bonds is 14. The van der Waals surface area contributed by atoms with E-state index in [0.717, 1.165) is 6.42 Å². The highest BCUT2D eigenvalue weighted by molar-refractivity contribution is 5.09. The number of aliphatic hydroxyl groups is 1. The second kappa shape index (κ2) is 15.4. The van der Waals surface area contributed by atoms with E-state index in [1.54, 1.807) is 13.8 Å². The van der Waals surface area contributed by atoms with E-state index >= 15 is 0 Å². The molecule has 130 valence electrons. The van der Waals surface area contributed by atoms with Gasteiger partial charge < -0.3 is 5.11 Å². The highest BCUT2D eigenvalue weighted by Crippen LogP contribution is 2.13. The molecule has 1 N–H and O–H groups in total. The molecule has 0 spiro atoms. The summed E-state index contributed by atoms with van der Waals surface area (Å²) in [5.41, 5.74) is -0.823. The molecule has 0 radical (unpaired) electrons. The van der Waals surface area contributed by atoms with Gasteiger partial charge in [0.2, 0.25) is 0 Å². The van der Waals surface area contributed by atoms with Crippen LogP contribution in [0.25, 0.3) is 0 Å². The quantitative estimate of drug-likeness (QED) is 0.282. The van der Waals surface area contributed by atoms with Gasteiger partial charge in [-0.25, -0.2) is 0 Å². The van der Waals surface area contributed by atoms with Gasteiger partial charge in [-0.15, -0.1) is 5.92 Å². The van der Waals surface area contributed by atoms with E-state index in [2.05, 4.69) is 18.8 Å². The zero-order valence-electron chi connectivity index (χ0n) is 15.6. The van der Waals surface area contributed by atoms with Gasteiger partial charge in [0.25, 0.3) is 0 Å². The molecular weight excluding hydrogens is 268 g/mol. The lowest BCUT2D eigenvalue weighted by molar-refractivity contribution is 0.143. The van der Waals surface area contributed by atoms with Gasteiger partial charge in [0, 0.05) is 6.42 Å². The van der Waals surface area contributed by atoms with Crippen molar-refractivity contribution in [3.05, 3.63) is 0 Å². The van der Waals surface area contributed by atoms with E-state index in [9.17, 15) is 5.11 Å². The molecule has 0 atom stereocenters. The first kappa shape index (κ1) is 21.5. The molecule has 0 saturated heterocycles. The number of unbranched alkanes of at least 4 members (excludes halogenated alkanes) is 14. The number of hydrogen-bond acceptors (Lipinski definition) is 1. The van der Waals surface area contributed by atoms with Crippen molar-refractivity contribution in [3.63, 3.8) is 0 Å². The molecule has 22 heavy (non-hydrogen) atoms. The summed E-state index contributed by atoms with van der Waals surface area (Å²) in [6, 6.07) is 0. The highest BCUT2D eigenvalue weighted by Gasteiger charge is 2.04. The Morgan fingerprint density at radius 1 is 0.636 bits per heavy atom. The monoisotopic (exact) mass is 308 g/mol. The topological polar surface area (TPSA) is 20.2 Å². The first-order valence-corrected chi connectivity index (χ1v) is 9.78. The molecule has 1 nitrogen and oxygen atoms in total. The van der Waals surface area contributed by atoms with Crippen LogP contribution in [0.4, 0.5) is 0 Å². The Kier molecular flexibility index (Phi) is 15.1. The van der Waals surface area contributed by atoms with Crippen LogP contribution in [0, 0.1) is 11.8 Å². The molecule has 0 fully saturated rings. The standard InChI is InChI=1S/C21H40O/c1-4-5-6-7-8-9-10-11-12-13-14-15-16-17-18-19-20-21(2,3)22/h22H,4-18H2,1-3H3. The van der Waals surface area contributed by atoms with Gasteiger partial charge in [0.05, 0.1) is 0 Å². The molecule has 1 heteroatoms. The van der Waals surface area contributed by atoms with Gasteiger partial charge in [-0.1, -0.05) is 96.3 Å².